The predicted octanol–water partition coefficient (Wildman–Crippen LogP) is 2.63. The Kier molecular flexibility index (Phi) is 2.30. The first kappa shape index (κ1) is 9.35. The summed E-state index contributed by atoms with van der Waals surface area (Å²) in [5.41, 5.74) is 1.12. The molecule has 16 heavy (non-hydrogen) atoms. The highest BCUT2D eigenvalue weighted by Gasteiger charge is 2.02. The quantitative estimate of drug-likeness (QED) is 0.727. The van der Waals surface area contributed by atoms with Crippen LogP contribution in [0.3, 0.4) is 0 Å². The fourth-order valence-corrected chi connectivity index (χ4v) is 2.38. The summed E-state index contributed by atoms with van der Waals surface area (Å²) in [6, 6.07) is 4.12. The number of aromatic nitrogens is 3. The summed E-state index contributed by atoms with van der Waals surface area (Å²) >= 11 is 1.73. The van der Waals surface area contributed by atoms with E-state index in [9.17, 15) is 0 Å². The van der Waals surface area contributed by atoms with Crippen LogP contribution in [0.4, 0.5) is 5.82 Å². The molecule has 0 atom stereocenters. The molecule has 3 aromatic rings. The van der Waals surface area contributed by atoms with E-state index in [4.69, 9.17) is 0 Å². The average Bonchev–Trinajstić information content (AvgIpc) is 2.97. The van der Waals surface area contributed by atoms with Gasteiger partial charge in [0, 0.05) is 34.6 Å². The molecular weight excluding hydrogens is 220 g/mol. The zero-order chi connectivity index (χ0) is 10.8. The lowest BCUT2D eigenvalue weighted by Gasteiger charge is -2.04. The van der Waals surface area contributed by atoms with Gasteiger partial charge in [0.2, 0.25) is 0 Å². The number of H-pyrrole nitrogens is 1. The van der Waals surface area contributed by atoms with Gasteiger partial charge in [-0.15, -0.1) is 11.3 Å². The van der Waals surface area contributed by atoms with Crippen LogP contribution < -0.4 is 5.32 Å². The summed E-state index contributed by atoms with van der Waals surface area (Å²) in [4.78, 5) is 4.34. The van der Waals surface area contributed by atoms with E-state index in [0.717, 1.165) is 17.9 Å². The van der Waals surface area contributed by atoms with Crippen molar-refractivity contribution in [3.8, 4) is 0 Å². The molecule has 0 unspecified atom stereocenters. The van der Waals surface area contributed by atoms with Crippen molar-refractivity contribution in [3.63, 3.8) is 0 Å². The Bertz CT molecular complexity index is 585. The summed E-state index contributed by atoms with van der Waals surface area (Å²) in [5, 5.41) is 13.3. The summed E-state index contributed by atoms with van der Waals surface area (Å²) in [7, 11) is 0. The van der Waals surface area contributed by atoms with Crippen LogP contribution >= 0.6 is 11.3 Å². The van der Waals surface area contributed by atoms with Crippen LogP contribution in [0.1, 0.15) is 5.56 Å². The van der Waals surface area contributed by atoms with Crippen molar-refractivity contribution >= 4 is 27.2 Å². The van der Waals surface area contributed by atoms with Gasteiger partial charge in [0.05, 0.1) is 6.20 Å². The number of fused-ring (bicyclic) bond motifs is 1. The number of pyridine rings is 1. The van der Waals surface area contributed by atoms with Gasteiger partial charge in [-0.25, -0.2) is 4.98 Å². The van der Waals surface area contributed by atoms with Crippen molar-refractivity contribution in [2.24, 2.45) is 0 Å². The highest BCUT2D eigenvalue weighted by atomic mass is 32.1. The molecule has 4 nitrogen and oxygen atoms in total. The molecule has 0 saturated heterocycles. The Labute approximate surface area is 96.3 Å². The van der Waals surface area contributed by atoms with E-state index in [1.54, 1.807) is 17.5 Å². The lowest BCUT2D eigenvalue weighted by atomic mass is 10.3. The minimum Gasteiger partial charge on any atom is -0.365 e. The molecule has 5 heteroatoms. The van der Waals surface area contributed by atoms with Crippen LogP contribution in [-0.2, 0) is 6.54 Å². The van der Waals surface area contributed by atoms with Gasteiger partial charge in [0.25, 0.3) is 0 Å². The first-order valence-corrected chi connectivity index (χ1v) is 5.85. The summed E-state index contributed by atoms with van der Waals surface area (Å²) < 4.78 is 1.25. The number of nitrogens with zero attached hydrogens (tertiary/aromatic N) is 2. The van der Waals surface area contributed by atoms with Gasteiger partial charge < -0.3 is 5.32 Å². The first-order valence-electron chi connectivity index (χ1n) is 4.97. The molecule has 0 aliphatic carbocycles. The lowest BCUT2D eigenvalue weighted by Crippen LogP contribution is -2.00. The Morgan fingerprint density at radius 2 is 2.38 bits per heavy atom. The maximum absolute atomic E-state index is 4.34. The number of rotatable bonds is 3. The number of anilines is 1. The van der Waals surface area contributed by atoms with Crippen LogP contribution in [0.2, 0.25) is 0 Å². The SMILES string of the molecule is c1cc2sccc2c(NCc2cn[nH]c2)n1. The molecule has 0 amide bonds. The average molecular weight is 230 g/mol. The molecule has 2 N–H and O–H groups in total. The Hall–Kier alpha value is -1.88. The fourth-order valence-electron chi connectivity index (χ4n) is 1.60. The third-order valence-corrected chi connectivity index (χ3v) is 3.28. The Morgan fingerprint density at radius 3 is 3.25 bits per heavy atom. The van der Waals surface area contributed by atoms with E-state index in [0.29, 0.717) is 0 Å². The molecular formula is C11H10N4S. The summed E-state index contributed by atoms with van der Waals surface area (Å²) in [6.07, 6.45) is 5.51. The monoisotopic (exact) mass is 230 g/mol. The molecule has 80 valence electrons. The molecule has 0 bridgehead atoms. The molecule has 0 fully saturated rings. The number of nitrogens with one attached hydrogen (secondary N) is 2. The number of hydrogen-bond donors (Lipinski definition) is 2. The maximum Gasteiger partial charge on any atom is 0.134 e. The minimum atomic E-state index is 0.735. The smallest absolute Gasteiger partial charge is 0.134 e. The van der Waals surface area contributed by atoms with Crippen molar-refractivity contribution in [1.29, 1.82) is 0 Å². The molecule has 0 aliphatic rings. The van der Waals surface area contributed by atoms with Crippen LogP contribution in [0.15, 0.2) is 36.1 Å². The van der Waals surface area contributed by atoms with Crippen molar-refractivity contribution in [3.05, 3.63) is 41.7 Å². The standard InChI is InChI=1S/C11H10N4S/c1-3-12-11(9-2-4-16-10(1)9)13-5-8-6-14-15-7-8/h1-4,6-7H,5H2,(H,12,13)(H,14,15). The fraction of sp³-hybridized carbons (Fsp3) is 0.0909. The molecule has 3 aromatic heterocycles. The number of thiophene rings is 1. The lowest BCUT2D eigenvalue weighted by molar-refractivity contribution is 1.09. The summed E-state index contributed by atoms with van der Waals surface area (Å²) in [5.74, 6) is 0.931. The molecule has 0 saturated carbocycles. The van der Waals surface area contributed by atoms with Crippen molar-refractivity contribution in [2.75, 3.05) is 5.32 Å². The third kappa shape index (κ3) is 1.65. The Morgan fingerprint density at radius 1 is 1.38 bits per heavy atom. The second-order valence-electron chi connectivity index (χ2n) is 3.45. The van der Waals surface area contributed by atoms with Gasteiger partial charge in [0.1, 0.15) is 5.82 Å². The van der Waals surface area contributed by atoms with Crippen molar-refractivity contribution in [1.82, 2.24) is 15.2 Å². The normalized spacial score (nSPS) is 10.8. The third-order valence-electron chi connectivity index (χ3n) is 2.39. The van der Waals surface area contributed by atoms with E-state index in [2.05, 4.69) is 31.9 Å². The second kappa shape index (κ2) is 3.94. The van der Waals surface area contributed by atoms with Crippen LogP contribution in [0.25, 0.3) is 10.1 Å². The zero-order valence-electron chi connectivity index (χ0n) is 8.47. The van der Waals surface area contributed by atoms with E-state index < -0.39 is 0 Å². The molecule has 0 spiro atoms. The maximum atomic E-state index is 4.34. The van der Waals surface area contributed by atoms with Crippen LogP contribution in [0.5, 0.6) is 0 Å². The van der Waals surface area contributed by atoms with Gasteiger partial charge in [0.15, 0.2) is 0 Å². The number of aromatic amines is 1. The molecule has 0 aliphatic heterocycles. The minimum absolute atomic E-state index is 0.735. The largest absolute Gasteiger partial charge is 0.365 e. The van der Waals surface area contributed by atoms with Gasteiger partial charge >= 0.3 is 0 Å². The van der Waals surface area contributed by atoms with Crippen LogP contribution in [-0.4, -0.2) is 15.2 Å². The van der Waals surface area contributed by atoms with Crippen LogP contribution in [0, 0.1) is 0 Å². The van der Waals surface area contributed by atoms with E-state index in [-0.39, 0.29) is 0 Å². The summed E-state index contributed by atoms with van der Waals surface area (Å²) in [6.45, 7) is 0.735. The first-order chi connectivity index (χ1) is 7.93. The van der Waals surface area contributed by atoms with Gasteiger partial charge in [-0.3, -0.25) is 5.10 Å². The van der Waals surface area contributed by atoms with Gasteiger partial charge in [-0.1, -0.05) is 0 Å². The number of hydrogen-bond acceptors (Lipinski definition) is 4. The molecule has 3 rings (SSSR count). The highest BCUT2D eigenvalue weighted by Crippen LogP contribution is 2.25. The van der Waals surface area contributed by atoms with Gasteiger partial charge in [-0.05, 0) is 17.5 Å². The Balaban J connectivity index is 1.86. The van der Waals surface area contributed by atoms with Crippen molar-refractivity contribution in [2.45, 2.75) is 6.54 Å². The van der Waals surface area contributed by atoms with E-state index in [1.165, 1.54) is 10.1 Å². The zero-order valence-corrected chi connectivity index (χ0v) is 9.29. The topological polar surface area (TPSA) is 53.6 Å². The van der Waals surface area contributed by atoms with E-state index in [1.807, 2.05) is 18.5 Å². The molecule has 0 aromatic carbocycles. The highest BCUT2D eigenvalue weighted by molar-refractivity contribution is 7.17. The predicted molar refractivity (Wildman–Crippen MR) is 65.5 cm³/mol. The second-order valence-corrected chi connectivity index (χ2v) is 4.40. The molecule has 0 radical (unpaired) electrons. The molecule has 3 heterocycles. The van der Waals surface area contributed by atoms with E-state index >= 15 is 0 Å². The van der Waals surface area contributed by atoms with Crippen molar-refractivity contribution < 1.29 is 0 Å². The van der Waals surface area contributed by atoms with Gasteiger partial charge in [-0.2, -0.15) is 5.10 Å².